The third kappa shape index (κ3) is 6.81. The van der Waals surface area contributed by atoms with Crippen molar-refractivity contribution in [1.82, 2.24) is 0 Å². The van der Waals surface area contributed by atoms with Crippen molar-refractivity contribution in [2.75, 3.05) is 17.7 Å². The van der Waals surface area contributed by atoms with Crippen LogP contribution in [0.4, 0.5) is 11.4 Å². The van der Waals surface area contributed by atoms with Crippen LogP contribution in [0.5, 0.6) is 5.75 Å². The Kier molecular flexibility index (Phi) is 8.92. The van der Waals surface area contributed by atoms with E-state index in [1.165, 1.54) is 24.9 Å². The number of thioether (sulfide) groups is 1. The van der Waals surface area contributed by atoms with E-state index < -0.39 is 0 Å². The second-order valence-electron chi connectivity index (χ2n) is 6.95. The summed E-state index contributed by atoms with van der Waals surface area (Å²) in [4.78, 5) is 26.3. The van der Waals surface area contributed by atoms with Gasteiger partial charge in [0.15, 0.2) is 0 Å². The Morgan fingerprint density at radius 1 is 0.970 bits per heavy atom. The van der Waals surface area contributed by atoms with Gasteiger partial charge in [0.25, 0.3) is 5.91 Å². The fourth-order valence-electron chi connectivity index (χ4n) is 3.00. The van der Waals surface area contributed by atoms with Crippen LogP contribution in [0, 0.1) is 0 Å². The molecule has 1 unspecified atom stereocenters. The largest absolute Gasteiger partial charge is 0.495 e. The van der Waals surface area contributed by atoms with Crippen LogP contribution >= 0.6 is 46.6 Å². The first-order valence-electron chi connectivity index (χ1n) is 9.98. The topological polar surface area (TPSA) is 67.4 Å². The maximum Gasteiger partial charge on any atom is 0.257 e. The lowest BCUT2D eigenvalue weighted by Crippen LogP contribution is -2.24. The van der Waals surface area contributed by atoms with E-state index in [0.29, 0.717) is 39.2 Å². The van der Waals surface area contributed by atoms with Crippen LogP contribution in [-0.4, -0.2) is 24.2 Å². The lowest BCUT2D eigenvalue weighted by molar-refractivity contribution is -0.115. The Morgan fingerprint density at radius 3 is 2.39 bits per heavy atom. The average molecular weight is 524 g/mol. The number of amides is 2. The van der Waals surface area contributed by atoms with E-state index in [2.05, 4.69) is 10.6 Å². The minimum atomic E-state index is -0.370. The number of hydrogen-bond donors (Lipinski definition) is 2. The number of rotatable bonds is 8. The number of anilines is 2. The van der Waals surface area contributed by atoms with E-state index in [9.17, 15) is 9.59 Å². The molecule has 0 aliphatic rings. The molecule has 1 atom stereocenters. The highest BCUT2D eigenvalue weighted by molar-refractivity contribution is 8.00. The standard InChI is InChI=1S/C24H21Cl3N2O3S/c1-3-22(24(31)29-20-12-15(26)8-10-21(20)32-2)33-17-6-4-5-16(13-17)28-23(30)18-9-7-14(25)11-19(18)27/h4-13,22H,3H2,1-2H3,(H,28,30)(H,29,31). The van der Waals surface area contributed by atoms with Crippen LogP contribution in [0.2, 0.25) is 15.1 Å². The molecule has 0 bridgehead atoms. The van der Waals surface area contributed by atoms with Crippen molar-refractivity contribution in [3.05, 3.63) is 81.3 Å². The van der Waals surface area contributed by atoms with Crippen molar-refractivity contribution in [3.8, 4) is 5.75 Å². The number of halogens is 3. The maximum atomic E-state index is 12.9. The fourth-order valence-corrected chi connectivity index (χ4v) is 4.68. The van der Waals surface area contributed by atoms with Gasteiger partial charge < -0.3 is 15.4 Å². The van der Waals surface area contributed by atoms with Crippen LogP contribution in [0.25, 0.3) is 0 Å². The molecular formula is C24H21Cl3N2O3S. The van der Waals surface area contributed by atoms with E-state index in [1.54, 1.807) is 36.4 Å². The van der Waals surface area contributed by atoms with Crippen LogP contribution in [0.3, 0.4) is 0 Å². The molecule has 0 fully saturated rings. The maximum absolute atomic E-state index is 12.9. The molecule has 0 heterocycles. The second kappa shape index (κ2) is 11.7. The van der Waals surface area contributed by atoms with Crippen molar-refractivity contribution in [2.45, 2.75) is 23.5 Å². The van der Waals surface area contributed by atoms with Crippen molar-refractivity contribution in [3.63, 3.8) is 0 Å². The lowest BCUT2D eigenvalue weighted by Gasteiger charge is -2.17. The monoisotopic (exact) mass is 522 g/mol. The Bertz CT molecular complexity index is 1170. The first-order valence-corrected chi connectivity index (χ1v) is 12.0. The van der Waals surface area contributed by atoms with Crippen LogP contribution in [0.1, 0.15) is 23.7 Å². The van der Waals surface area contributed by atoms with Gasteiger partial charge in [-0.2, -0.15) is 0 Å². The van der Waals surface area contributed by atoms with E-state index in [4.69, 9.17) is 39.5 Å². The third-order valence-corrected chi connectivity index (χ3v) is 6.77. The van der Waals surface area contributed by atoms with Gasteiger partial charge in [-0.25, -0.2) is 0 Å². The molecule has 33 heavy (non-hydrogen) atoms. The summed E-state index contributed by atoms with van der Waals surface area (Å²) in [6.45, 7) is 1.93. The van der Waals surface area contributed by atoms with Gasteiger partial charge in [-0.15, -0.1) is 11.8 Å². The number of carbonyl (C=O) groups excluding carboxylic acids is 2. The van der Waals surface area contributed by atoms with Crippen molar-refractivity contribution in [1.29, 1.82) is 0 Å². The molecule has 0 radical (unpaired) electrons. The quantitative estimate of drug-likeness (QED) is 0.302. The van der Waals surface area contributed by atoms with Crippen molar-refractivity contribution >= 4 is 69.8 Å². The van der Waals surface area contributed by atoms with Gasteiger partial charge in [0.05, 0.1) is 28.6 Å². The Hall–Kier alpha value is -2.38. The molecule has 0 aromatic heterocycles. The number of nitrogens with one attached hydrogen (secondary N) is 2. The summed E-state index contributed by atoms with van der Waals surface area (Å²) >= 11 is 19.5. The zero-order chi connectivity index (χ0) is 24.0. The van der Waals surface area contributed by atoms with E-state index >= 15 is 0 Å². The highest BCUT2D eigenvalue weighted by Crippen LogP contribution is 2.32. The molecule has 2 N–H and O–H groups in total. The summed E-state index contributed by atoms with van der Waals surface area (Å²) in [7, 11) is 1.53. The van der Waals surface area contributed by atoms with Gasteiger partial charge in [0.1, 0.15) is 5.75 Å². The zero-order valence-corrected chi connectivity index (χ0v) is 20.9. The highest BCUT2D eigenvalue weighted by atomic mass is 35.5. The van der Waals surface area contributed by atoms with E-state index in [-0.39, 0.29) is 22.1 Å². The molecule has 3 aromatic carbocycles. The van der Waals surface area contributed by atoms with E-state index in [1.807, 2.05) is 25.1 Å². The number of methoxy groups -OCH3 is 1. The summed E-state index contributed by atoms with van der Waals surface area (Å²) in [5, 5.41) is 6.56. The molecule has 0 aliphatic heterocycles. The van der Waals surface area contributed by atoms with E-state index in [0.717, 1.165) is 4.90 Å². The number of ether oxygens (including phenoxy) is 1. The zero-order valence-electron chi connectivity index (χ0n) is 17.8. The average Bonchev–Trinajstić information content (AvgIpc) is 2.77. The molecule has 0 aliphatic carbocycles. The molecule has 2 amide bonds. The summed E-state index contributed by atoms with van der Waals surface area (Å²) in [5.74, 6) is 0.000257. The first-order chi connectivity index (χ1) is 15.8. The van der Waals surface area contributed by atoms with Gasteiger partial charge >= 0.3 is 0 Å². The van der Waals surface area contributed by atoms with Crippen molar-refractivity contribution in [2.24, 2.45) is 0 Å². The molecule has 9 heteroatoms. The van der Waals surface area contributed by atoms with Crippen LogP contribution in [-0.2, 0) is 4.79 Å². The minimum Gasteiger partial charge on any atom is -0.495 e. The summed E-state index contributed by atoms with van der Waals surface area (Å²) in [5.41, 5.74) is 1.41. The fraction of sp³-hybridized carbons (Fsp3) is 0.167. The number of hydrogen-bond acceptors (Lipinski definition) is 4. The van der Waals surface area contributed by atoms with Gasteiger partial charge in [0.2, 0.25) is 5.91 Å². The molecular weight excluding hydrogens is 503 g/mol. The lowest BCUT2D eigenvalue weighted by atomic mass is 10.2. The summed E-state index contributed by atoms with van der Waals surface area (Å²) in [6, 6.07) is 17.0. The highest BCUT2D eigenvalue weighted by Gasteiger charge is 2.20. The smallest absolute Gasteiger partial charge is 0.257 e. The van der Waals surface area contributed by atoms with Gasteiger partial charge in [-0.3, -0.25) is 9.59 Å². The minimum absolute atomic E-state index is 0.176. The van der Waals surface area contributed by atoms with Crippen LogP contribution < -0.4 is 15.4 Å². The Morgan fingerprint density at radius 2 is 1.70 bits per heavy atom. The Balaban J connectivity index is 1.71. The first kappa shape index (κ1) is 25.2. The predicted octanol–water partition coefficient (Wildman–Crippen LogP) is 7.42. The van der Waals surface area contributed by atoms with Crippen molar-refractivity contribution < 1.29 is 14.3 Å². The molecule has 0 saturated carbocycles. The third-order valence-electron chi connectivity index (χ3n) is 4.63. The Labute approximate surface area is 211 Å². The SMILES string of the molecule is CCC(Sc1cccc(NC(=O)c2ccc(Cl)cc2Cl)c1)C(=O)Nc1cc(Cl)ccc1OC. The van der Waals surface area contributed by atoms with Gasteiger partial charge in [-0.05, 0) is 61.0 Å². The number of carbonyl (C=O) groups is 2. The van der Waals surface area contributed by atoms with Gasteiger partial charge in [0, 0.05) is 20.6 Å². The summed E-state index contributed by atoms with van der Waals surface area (Å²) in [6.07, 6.45) is 0.594. The van der Waals surface area contributed by atoms with Crippen LogP contribution in [0.15, 0.2) is 65.6 Å². The second-order valence-corrected chi connectivity index (χ2v) is 9.51. The summed E-state index contributed by atoms with van der Waals surface area (Å²) < 4.78 is 5.30. The molecule has 0 spiro atoms. The molecule has 3 rings (SSSR count). The molecule has 0 saturated heterocycles. The molecule has 172 valence electrons. The molecule has 5 nitrogen and oxygen atoms in total. The normalized spacial score (nSPS) is 11.5. The predicted molar refractivity (Wildman–Crippen MR) is 137 cm³/mol. The number of benzene rings is 3. The van der Waals surface area contributed by atoms with Gasteiger partial charge in [-0.1, -0.05) is 47.8 Å². The molecule has 3 aromatic rings.